The summed E-state index contributed by atoms with van der Waals surface area (Å²) < 4.78 is 6.08. The molecular weight excluding hydrogens is 401 g/mol. The Balaban J connectivity index is 0.00000156. The van der Waals surface area contributed by atoms with Gasteiger partial charge in [-0.3, -0.25) is 4.99 Å². The summed E-state index contributed by atoms with van der Waals surface area (Å²) >= 11 is 0. The zero-order valence-corrected chi connectivity index (χ0v) is 16.4. The molecule has 3 atom stereocenters. The smallest absolute Gasteiger partial charge is 0.191 e. The van der Waals surface area contributed by atoms with Gasteiger partial charge in [0.1, 0.15) is 0 Å². The fourth-order valence-corrected chi connectivity index (χ4v) is 5.27. The van der Waals surface area contributed by atoms with Gasteiger partial charge in [0.2, 0.25) is 0 Å². The number of fused-ring (bicyclic) bond motifs is 2. The first-order chi connectivity index (χ1) is 10.8. The summed E-state index contributed by atoms with van der Waals surface area (Å²) in [4.78, 5) is 4.70. The number of nitrogens with zero attached hydrogens (tertiary/aromatic N) is 1. The minimum atomic E-state index is 0. The van der Waals surface area contributed by atoms with E-state index in [4.69, 9.17) is 9.73 Å². The second kappa shape index (κ2) is 7.30. The number of hydrogen-bond acceptors (Lipinski definition) is 2. The van der Waals surface area contributed by atoms with Crippen LogP contribution in [0.5, 0.6) is 0 Å². The number of halogens is 1. The molecule has 0 aromatic carbocycles. The van der Waals surface area contributed by atoms with Crippen LogP contribution in [0.4, 0.5) is 0 Å². The van der Waals surface area contributed by atoms with Crippen molar-refractivity contribution in [2.45, 2.75) is 70.1 Å². The zero-order chi connectivity index (χ0) is 15.0. The Morgan fingerprint density at radius 1 is 1.22 bits per heavy atom. The van der Waals surface area contributed by atoms with Crippen LogP contribution in [0.2, 0.25) is 0 Å². The van der Waals surface area contributed by atoms with Crippen LogP contribution >= 0.6 is 24.0 Å². The van der Waals surface area contributed by atoms with Gasteiger partial charge in [-0.2, -0.15) is 0 Å². The average molecular weight is 431 g/mol. The van der Waals surface area contributed by atoms with Crippen molar-refractivity contribution in [2.24, 2.45) is 16.3 Å². The lowest BCUT2D eigenvalue weighted by Crippen LogP contribution is -2.69. The molecule has 3 fully saturated rings. The molecule has 23 heavy (non-hydrogen) atoms. The molecule has 1 saturated heterocycles. The minimum Gasteiger partial charge on any atom is -0.377 e. The molecule has 2 saturated carbocycles. The van der Waals surface area contributed by atoms with Gasteiger partial charge in [-0.05, 0) is 39.0 Å². The molecule has 0 aromatic heterocycles. The number of rotatable bonds is 3. The molecule has 2 N–H and O–H groups in total. The second-order valence-corrected chi connectivity index (χ2v) is 7.41. The summed E-state index contributed by atoms with van der Waals surface area (Å²) in [5.74, 6) is 1.72. The van der Waals surface area contributed by atoms with E-state index >= 15 is 0 Å². The van der Waals surface area contributed by atoms with E-state index in [2.05, 4.69) is 29.7 Å². The number of nitrogens with one attached hydrogen (secondary N) is 2. The van der Waals surface area contributed by atoms with E-state index in [1.54, 1.807) is 0 Å². The summed E-state index contributed by atoms with van der Waals surface area (Å²) in [6.45, 7) is 3.90. The van der Waals surface area contributed by atoms with Crippen LogP contribution in [0, 0.1) is 11.3 Å². The number of hydrogen-bond donors (Lipinski definition) is 2. The molecule has 0 amide bonds. The average Bonchev–Trinajstić information content (AvgIpc) is 3.25. The zero-order valence-electron chi connectivity index (χ0n) is 14.1. The van der Waals surface area contributed by atoms with Crippen molar-refractivity contribution in [1.82, 2.24) is 10.6 Å². The highest BCUT2D eigenvalue weighted by Crippen LogP contribution is 2.60. The summed E-state index contributed by atoms with van der Waals surface area (Å²) in [7, 11) is 0. The molecule has 0 bridgehead atoms. The van der Waals surface area contributed by atoms with Gasteiger partial charge >= 0.3 is 0 Å². The highest BCUT2D eigenvalue weighted by molar-refractivity contribution is 14.0. The number of ether oxygens (including phenoxy) is 1. The third-order valence-corrected chi connectivity index (χ3v) is 6.24. The maximum absolute atomic E-state index is 6.08. The Bertz CT molecular complexity index is 465. The Hall–Kier alpha value is -0.300. The number of aliphatic imine (C=N–C) groups is 1. The summed E-state index contributed by atoms with van der Waals surface area (Å²) in [5.41, 5.74) is 0.394. The molecule has 4 nitrogen and oxygen atoms in total. The molecule has 5 heteroatoms. The van der Waals surface area contributed by atoms with E-state index in [0.29, 0.717) is 29.5 Å². The normalized spacial score (nSPS) is 35.0. The van der Waals surface area contributed by atoms with Gasteiger partial charge in [0, 0.05) is 36.6 Å². The van der Waals surface area contributed by atoms with E-state index in [-0.39, 0.29) is 24.0 Å². The maximum Gasteiger partial charge on any atom is 0.191 e. The third kappa shape index (κ3) is 3.03. The first kappa shape index (κ1) is 17.5. The Labute approximate surface area is 156 Å². The lowest BCUT2D eigenvalue weighted by molar-refractivity contribution is -0.125. The fraction of sp³-hybridized carbons (Fsp3) is 0.833. The van der Waals surface area contributed by atoms with Crippen LogP contribution in [0.1, 0.15) is 51.9 Å². The lowest BCUT2D eigenvalue weighted by Gasteiger charge is -2.57. The van der Waals surface area contributed by atoms with Crippen molar-refractivity contribution in [3.63, 3.8) is 0 Å². The first-order valence-electron chi connectivity index (χ1n) is 9.17. The predicted molar refractivity (Wildman–Crippen MR) is 104 cm³/mol. The predicted octanol–water partition coefficient (Wildman–Crippen LogP) is 3.23. The molecule has 130 valence electrons. The van der Waals surface area contributed by atoms with Crippen molar-refractivity contribution in [1.29, 1.82) is 0 Å². The van der Waals surface area contributed by atoms with E-state index in [1.807, 2.05) is 0 Å². The third-order valence-electron chi connectivity index (χ3n) is 6.24. The molecule has 0 aromatic rings. The molecule has 1 spiro atoms. The maximum atomic E-state index is 6.08. The quantitative estimate of drug-likeness (QED) is 0.312. The fourth-order valence-electron chi connectivity index (χ4n) is 5.27. The summed E-state index contributed by atoms with van der Waals surface area (Å²) in [5, 5.41) is 7.45. The van der Waals surface area contributed by atoms with Gasteiger partial charge in [-0.25, -0.2) is 0 Å². The monoisotopic (exact) mass is 431 g/mol. The van der Waals surface area contributed by atoms with Crippen LogP contribution < -0.4 is 10.6 Å². The van der Waals surface area contributed by atoms with Crippen molar-refractivity contribution in [2.75, 3.05) is 13.2 Å². The van der Waals surface area contributed by atoms with Gasteiger partial charge in [-0.15, -0.1) is 24.0 Å². The second-order valence-electron chi connectivity index (χ2n) is 7.41. The Kier molecular flexibility index (Phi) is 5.56. The Morgan fingerprint density at radius 3 is 2.65 bits per heavy atom. The van der Waals surface area contributed by atoms with Crippen molar-refractivity contribution in [3.05, 3.63) is 12.2 Å². The van der Waals surface area contributed by atoms with Crippen molar-refractivity contribution >= 4 is 29.9 Å². The van der Waals surface area contributed by atoms with E-state index in [9.17, 15) is 0 Å². The van der Waals surface area contributed by atoms with Crippen LogP contribution in [-0.2, 0) is 4.74 Å². The summed E-state index contributed by atoms with van der Waals surface area (Å²) in [6, 6.07) is 1.09. The standard InChI is InChI=1S/C18H29N3O.HI/c1-2-19-17(20-13-7-3-4-8-13)21-15-14-9-12-22-16(14)18(15)10-5-6-11-18;/h3-4,13-16H,2,5-12H2,1H3,(H2,19,20,21);1H. The van der Waals surface area contributed by atoms with Crippen LogP contribution in [0.25, 0.3) is 0 Å². The lowest BCUT2D eigenvalue weighted by atomic mass is 9.54. The SMILES string of the molecule is CCN=C(NC1CC=CC1)NC1C2CCOC2C12CCCC2.I. The van der Waals surface area contributed by atoms with Gasteiger partial charge < -0.3 is 15.4 Å². The molecule has 1 aliphatic heterocycles. The highest BCUT2D eigenvalue weighted by atomic mass is 127. The summed E-state index contributed by atoms with van der Waals surface area (Å²) in [6.07, 6.45) is 13.9. The number of guanidine groups is 1. The molecule has 4 aliphatic rings. The van der Waals surface area contributed by atoms with Crippen LogP contribution in [0.3, 0.4) is 0 Å². The van der Waals surface area contributed by atoms with Gasteiger partial charge in [0.15, 0.2) is 5.96 Å². The Morgan fingerprint density at radius 2 is 1.96 bits per heavy atom. The molecule has 3 unspecified atom stereocenters. The molecule has 1 heterocycles. The van der Waals surface area contributed by atoms with E-state index in [0.717, 1.165) is 32.0 Å². The molecular formula is C18H30IN3O. The van der Waals surface area contributed by atoms with Gasteiger partial charge in [0.05, 0.1) is 6.10 Å². The molecule has 0 radical (unpaired) electrons. The minimum absolute atomic E-state index is 0. The topological polar surface area (TPSA) is 45.7 Å². The van der Waals surface area contributed by atoms with Gasteiger partial charge in [0.25, 0.3) is 0 Å². The van der Waals surface area contributed by atoms with Crippen molar-refractivity contribution in [3.8, 4) is 0 Å². The molecule has 4 rings (SSSR count). The van der Waals surface area contributed by atoms with E-state index < -0.39 is 0 Å². The highest BCUT2D eigenvalue weighted by Gasteiger charge is 2.65. The van der Waals surface area contributed by atoms with Crippen LogP contribution in [-0.4, -0.2) is 37.3 Å². The van der Waals surface area contributed by atoms with Crippen molar-refractivity contribution < 1.29 is 4.74 Å². The van der Waals surface area contributed by atoms with Crippen LogP contribution in [0.15, 0.2) is 17.1 Å². The first-order valence-corrected chi connectivity index (χ1v) is 9.17. The van der Waals surface area contributed by atoms with Gasteiger partial charge in [-0.1, -0.05) is 25.0 Å². The molecule has 3 aliphatic carbocycles. The largest absolute Gasteiger partial charge is 0.377 e. The van der Waals surface area contributed by atoms with E-state index in [1.165, 1.54) is 32.1 Å².